The van der Waals surface area contributed by atoms with Crippen LogP contribution < -0.4 is 5.73 Å². The summed E-state index contributed by atoms with van der Waals surface area (Å²) in [4.78, 5) is 0. The molecule has 2 N–H and O–H groups in total. The molecule has 0 radical (unpaired) electrons. The quantitative estimate of drug-likeness (QED) is 0.690. The highest BCUT2D eigenvalue weighted by molar-refractivity contribution is 5.38. The number of nitrogens with two attached hydrogens (primary N) is 1. The standard InChI is InChI=1S/C8H9N3O/c1-6-2-3-11(10-6)7-4-8(9)12-5-7/h2-5H,9H2,1H3. The van der Waals surface area contributed by atoms with E-state index in [0.29, 0.717) is 5.88 Å². The van der Waals surface area contributed by atoms with Crippen LogP contribution in [0.25, 0.3) is 5.69 Å². The number of aryl methyl sites for hydroxylation is 1. The van der Waals surface area contributed by atoms with Gasteiger partial charge in [-0.15, -0.1) is 0 Å². The summed E-state index contributed by atoms with van der Waals surface area (Å²) < 4.78 is 6.66. The fourth-order valence-corrected chi connectivity index (χ4v) is 1.02. The molecule has 0 aromatic carbocycles. The van der Waals surface area contributed by atoms with Crippen molar-refractivity contribution in [3.8, 4) is 5.69 Å². The second kappa shape index (κ2) is 2.41. The minimum absolute atomic E-state index is 0.401. The predicted octanol–water partition coefficient (Wildman–Crippen LogP) is 1.36. The monoisotopic (exact) mass is 163 g/mol. The van der Waals surface area contributed by atoms with Crippen molar-refractivity contribution in [2.24, 2.45) is 0 Å². The number of hydrogen-bond acceptors (Lipinski definition) is 3. The van der Waals surface area contributed by atoms with E-state index in [1.165, 1.54) is 0 Å². The molecule has 0 aliphatic carbocycles. The zero-order chi connectivity index (χ0) is 8.55. The summed E-state index contributed by atoms with van der Waals surface area (Å²) in [6, 6.07) is 3.65. The molecule has 2 aromatic heterocycles. The first-order valence-electron chi connectivity index (χ1n) is 3.62. The molecule has 0 atom stereocenters. The van der Waals surface area contributed by atoms with Crippen LogP contribution in [-0.2, 0) is 0 Å². The van der Waals surface area contributed by atoms with Crippen LogP contribution in [0, 0.1) is 6.92 Å². The molecule has 0 saturated heterocycles. The molecule has 62 valence electrons. The summed E-state index contributed by atoms with van der Waals surface area (Å²) in [6.07, 6.45) is 3.43. The molecule has 0 amide bonds. The van der Waals surface area contributed by atoms with Gasteiger partial charge in [0.15, 0.2) is 5.88 Å². The smallest absolute Gasteiger partial charge is 0.192 e. The molecule has 2 heterocycles. The Morgan fingerprint density at radius 1 is 1.58 bits per heavy atom. The molecular formula is C8H9N3O. The largest absolute Gasteiger partial charge is 0.447 e. The van der Waals surface area contributed by atoms with Crippen molar-refractivity contribution in [1.29, 1.82) is 0 Å². The van der Waals surface area contributed by atoms with Crippen LogP contribution in [0.2, 0.25) is 0 Å². The maximum absolute atomic E-state index is 5.41. The Morgan fingerprint density at radius 3 is 2.92 bits per heavy atom. The van der Waals surface area contributed by atoms with Crippen LogP contribution in [-0.4, -0.2) is 9.78 Å². The third-order valence-corrected chi connectivity index (χ3v) is 1.59. The third kappa shape index (κ3) is 1.07. The van der Waals surface area contributed by atoms with Gasteiger partial charge in [0.05, 0.1) is 5.69 Å². The lowest BCUT2D eigenvalue weighted by Gasteiger charge is -1.91. The highest BCUT2D eigenvalue weighted by atomic mass is 16.3. The molecule has 0 bridgehead atoms. The maximum atomic E-state index is 5.41. The number of anilines is 1. The van der Waals surface area contributed by atoms with Crippen molar-refractivity contribution in [1.82, 2.24) is 9.78 Å². The molecule has 4 nitrogen and oxygen atoms in total. The molecule has 2 rings (SSSR count). The summed E-state index contributed by atoms with van der Waals surface area (Å²) in [5.41, 5.74) is 7.23. The Hall–Kier alpha value is -1.71. The van der Waals surface area contributed by atoms with Crippen LogP contribution in [0.1, 0.15) is 5.69 Å². The minimum atomic E-state index is 0.401. The predicted molar refractivity (Wildman–Crippen MR) is 45.0 cm³/mol. The minimum Gasteiger partial charge on any atom is -0.447 e. The van der Waals surface area contributed by atoms with Gasteiger partial charge in [-0.3, -0.25) is 0 Å². The van der Waals surface area contributed by atoms with Gasteiger partial charge >= 0.3 is 0 Å². The molecule has 2 aromatic rings. The van der Waals surface area contributed by atoms with E-state index in [9.17, 15) is 0 Å². The van der Waals surface area contributed by atoms with E-state index in [0.717, 1.165) is 11.4 Å². The average Bonchev–Trinajstić information content (AvgIpc) is 2.58. The number of furan rings is 1. The second-order valence-corrected chi connectivity index (χ2v) is 2.61. The average molecular weight is 163 g/mol. The van der Waals surface area contributed by atoms with Crippen LogP contribution in [0.4, 0.5) is 5.88 Å². The van der Waals surface area contributed by atoms with Crippen LogP contribution in [0.5, 0.6) is 0 Å². The van der Waals surface area contributed by atoms with Crippen LogP contribution in [0.15, 0.2) is 29.0 Å². The van der Waals surface area contributed by atoms with Gasteiger partial charge in [-0.2, -0.15) is 5.10 Å². The Morgan fingerprint density at radius 2 is 2.42 bits per heavy atom. The van der Waals surface area contributed by atoms with E-state index in [-0.39, 0.29) is 0 Å². The Kier molecular flexibility index (Phi) is 1.40. The summed E-state index contributed by atoms with van der Waals surface area (Å²) in [7, 11) is 0. The lowest BCUT2D eigenvalue weighted by Crippen LogP contribution is -1.92. The zero-order valence-corrected chi connectivity index (χ0v) is 6.69. The van der Waals surface area contributed by atoms with E-state index in [4.69, 9.17) is 10.2 Å². The molecular weight excluding hydrogens is 154 g/mol. The Labute approximate surface area is 69.6 Å². The topological polar surface area (TPSA) is 57.0 Å². The van der Waals surface area contributed by atoms with Gasteiger partial charge in [0.1, 0.15) is 12.0 Å². The highest BCUT2D eigenvalue weighted by Gasteiger charge is 2.00. The number of nitrogens with zero attached hydrogens (tertiary/aromatic N) is 2. The van der Waals surface area contributed by atoms with E-state index in [2.05, 4.69) is 5.10 Å². The van der Waals surface area contributed by atoms with Gasteiger partial charge in [0.2, 0.25) is 0 Å². The molecule has 0 aliphatic rings. The van der Waals surface area contributed by atoms with Gasteiger partial charge in [-0.05, 0) is 13.0 Å². The van der Waals surface area contributed by atoms with E-state index in [1.54, 1.807) is 17.0 Å². The molecule has 0 spiro atoms. The van der Waals surface area contributed by atoms with Crippen molar-refractivity contribution in [3.63, 3.8) is 0 Å². The van der Waals surface area contributed by atoms with E-state index in [1.807, 2.05) is 19.2 Å². The summed E-state index contributed by atoms with van der Waals surface area (Å²) >= 11 is 0. The molecule has 0 fully saturated rings. The van der Waals surface area contributed by atoms with Gasteiger partial charge in [-0.25, -0.2) is 4.68 Å². The highest BCUT2D eigenvalue weighted by Crippen LogP contribution is 2.13. The zero-order valence-electron chi connectivity index (χ0n) is 6.69. The van der Waals surface area contributed by atoms with Gasteiger partial charge in [0.25, 0.3) is 0 Å². The number of rotatable bonds is 1. The fourth-order valence-electron chi connectivity index (χ4n) is 1.02. The maximum Gasteiger partial charge on any atom is 0.192 e. The van der Waals surface area contributed by atoms with Gasteiger partial charge < -0.3 is 10.2 Å². The van der Waals surface area contributed by atoms with Gasteiger partial charge in [0, 0.05) is 12.3 Å². The first-order chi connectivity index (χ1) is 5.75. The number of nitrogen functional groups attached to an aromatic ring is 1. The Bertz CT molecular complexity index is 350. The molecule has 0 saturated carbocycles. The summed E-state index contributed by atoms with van der Waals surface area (Å²) in [6.45, 7) is 1.93. The SMILES string of the molecule is Cc1ccn(-c2coc(N)c2)n1. The summed E-state index contributed by atoms with van der Waals surface area (Å²) in [5.74, 6) is 0.401. The lowest BCUT2D eigenvalue weighted by atomic mass is 10.5. The van der Waals surface area contributed by atoms with Crippen molar-refractivity contribution in [2.75, 3.05) is 5.73 Å². The first-order valence-corrected chi connectivity index (χ1v) is 3.62. The van der Waals surface area contributed by atoms with Gasteiger partial charge in [-0.1, -0.05) is 0 Å². The number of aromatic nitrogens is 2. The molecule has 4 heteroatoms. The third-order valence-electron chi connectivity index (χ3n) is 1.59. The van der Waals surface area contributed by atoms with Crippen LogP contribution in [0.3, 0.4) is 0 Å². The van der Waals surface area contributed by atoms with Crippen molar-refractivity contribution in [3.05, 3.63) is 30.3 Å². The van der Waals surface area contributed by atoms with Crippen molar-refractivity contribution in [2.45, 2.75) is 6.92 Å². The fraction of sp³-hybridized carbons (Fsp3) is 0.125. The lowest BCUT2D eigenvalue weighted by molar-refractivity contribution is 0.584. The van der Waals surface area contributed by atoms with E-state index >= 15 is 0 Å². The van der Waals surface area contributed by atoms with Crippen molar-refractivity contribution < 1.29 is 4.42 Å². The normalized spacial score (nSPS) is 10.4. The van der Waals surface area contributed by atoms with E-state index < -0.39 is 0 Å². The molecule has 12 heavy (non-hydrogen) atoms. The summed E-state index contributed by atoms with van der Waals surface area (Å²) in [5, 5.41) is 4.20. The molecule has 0 unspecified atom stereocenters. The van der Waals surface area contributed by atoms with Crippen LogP contribution >= 0.6 is 0 Å². The number of hydrogen-bond donors (Lipinski definition) is 1. The first kappa shape index (κ1) is 6.97. The second-order valence-electron chi connectivity index (χ2n) is 2.61. The van der Waals surface area contributed by atoms with Crippen molar-refractivity contribution >= 4 is 5.88 Å². The Balaban J connectivity index is 2.43. The molecule has 0 aliphatic heterocycles.